The van der Waals surface area contributed by atoms with Crippen LogP contribution in [0.15, 0.2) is 41.1 Å². The fourth-order valence-electron chi connectivity index (χ4n) is 1.69. The number of nitrogens with zero attached hydrogens (tertiary/aromatic N) is 1. The van der Waals surface area contributed by atoms with Gasteiger partial charge < -0.3 is 14.6 Å². The molecule has 1 aromatic heterocycles. The van der Waals surface area contributed by atoms with E-state index in [4.69, 9.17) is 4.74 Å². The first-order valence-corrected chi connectivity index (χ1v) is 6.54. The van der Waals surface area contributed by atoms with Crippen LogP contribution in [0.3, 0.4) is 0 Å². The Kier molecular flexibility index (Phi) is 4.40. The van der Waals surface area contributed by atoms with Gasteiger partial charge in [-0.05, 0) is 30.5 Å². The Labute approximate surface area is 117 Å². The van der Waals surface area contributed by atoms with Gasteiger partial charge >= 0.3 is 0 Å². The summed E-state index contributed by atoms with van der Waals surface area (Å²) in [5.74, 6) is 1.24. The van der Waals surface area contributed by atoms with Gasteiger partial charge in [-0.15, -0.1) is 0 Å². The van der Waals surface area contributed by atoms with Crippen molar-refractivity contribution in [1.82, 2.24) is 5.16 Å². The fourth-order valence-corrected chi connectivity index (χ4v) is 1.69. The lowest BCUT2D eigenvalue weighted by molar-refractivity contribution is -0.122. The van der Waals surface area contributed by atoms with E-state index >= 15 is 0 Å². The van der Waals surface area contributed by atoms with E-state index in [0.29, 0.717) is 17.5 Å². The van der Waals surface area contributed by atoms with E-state index in [9.17, 15) is 4.79 Å². The summed E-state index contributed by atoms with van der Waals surface area (Å²) in [7, 11) is 0. The third-order valence-corrected chi connectivity index (χ3v) is 2.92. The zero-order valence-corrected chi connectivity index (χ0v) is 11.8. The normalized spacial score (nSPS) is 12.2. The molecule has 0 spiro atoms. The topological polar surface area (TPSA) is 64.4 Å². The van der Waals surface area contributed by atoms with Crippen LogP contribution < -0.4 is 10.1 Å². The number of amides is 1. The summed E-state index contributed by atoms with van der Waals surface area (Å²) in [4.78, 5) is 11.9. The van der Waals surface area contributed by atoms with E-state index in [-0.39, 0.29) is 5.91 Å². The Morgan fingerprint density at radius 1 is 1.20 bits per heavy atom. The third kappa shape index (κ3) is 3.60. The maximum absolute atomic E-state index is 11.9. The van der Waals surface area contributed by atoms with Crippen molar-refractivity contribution in [3.63, 3.8) is 0 Å². The Morgan fingerprint density at radius 2 is 1.90 bits per heavy atom. The molecule has 0 aliphatic heterocycles. The molecule has 2 rings (SSSR count). The molecule has 0 bridgehead atoms. The molecule has 0 fully saturated rings. The number of anilines is 1. The van der Waals surface area contributed by atoms with E-state index in [2.05, 4.69) is 28.8 Å². The lowest BCUT2D eigenvalue weighted by Crippen LogP contribution is -2.30. The second kappa shape index (κ2) is 6.23. The number of hydrogen-bond donors (Lipinski definition) is 1. The number of carbonyl (C=O) groups is 1. The maximum atomic E-state index is 11.9. The minimum absolute atomic E-state index is 0.271. The molecule has 106 valence electrons. The van der Waals surface area contributed by atoms with Gasteiger partial charge in [0.05, 0.1) is 0 Å². The quantitative estimate of drug-likeness (QED) is 0.909. The van der Waals surface area contributed by atoms with Crippen LogP contribution in [0.2, 0.25) is 0 Å². The van der Waals surface area contributed by atoms with Crippen LogP contribution in [0.1, 0.15) is 32.3 Å². The SMILES string of the molecule is CC(C)c1ccc(O[C@@H](C)C(=O)Nc2ccon2)cc1. The predicted molar refractivity (Wildman–Crippen MR) is 75.8 cm³/mol. The molecular weight excluding hydrogens is 256 g/mol. The van der Waals surface area contributed by atoms with Gasteiger partial charge in [0.1, 0.15) is 12.0 Å². The highest BCUT2D eigenvalue weighted by Crippen LogP contribution is 2.19. The van der Waals surface area contributed by atoms with Crippen molar-refractivity contribution in [2.45, 2.75) is 32.8 Å². The molecular formula is C15H18N2O3. The van der Waals surface area contributed by atoms with Gasteiger partial charge in [0.15, 0.2) is 11.9 Å². The van der Waals surface area contributed by atoms with Crippen molar-refractivity contribution in [2.75, 3.05) is 5.32 Å². The van der Waals surface area contributed by atoms with Crippen LogP contribution in [0, 0.1) is 0 Å². The molecule has 0 aliphatic carbocycles. The van der Waals surface area contributed by atoms with Crippen molar-refractivity contribution >= 4 is 11.7 Å². The van der Waals surface area contributed by atoms with Crippen LogP contribution in [0.5, 0.6) is 5.75 Å². The number of carbonyl (C=O) groups excluding carboxylic acids is 1. The van der Waals surface area contributed by atoms with Crippen LogP contribution in [-0.2, 0) is 4.79 Å². The van der Waals surface area contributed by atoms with E-state index in [0.717, 1.165) is 0 Å². The third-order valence-electron chi connectivity index (χ3n) is 2.92. The number of aromatic nitrogens is 1. The van der Waals surface area contributed by atoms with Crippen molar-refractivity contribution in [3.05, 3.63) is 42.2 Å². The first kappa shape index (κ1) is 14.1. The van der Waals surface area contributed by atoms with E-state index in [1.54, 1.807) is 13.0 Å². The van der Waals surface area contributed by atoms with Gasteiger partial charge in [-0.3, -0.25) is 4.79 Å². The van der Waals surface area contributed by atoms with Crippen LogP contribution in [0.4, 0.5) is 5.82 Å². The standard InChI is InChI=1S/C15H18N2O3/c1-10(2)12-4-6-13(7-5-12)20-11(3)15(18)16-14-8-9-19-17-14/h4-11H,1-3H3,(H,16,17,18)/t11-/m0/s1. The molecule has 1 N–H and O–H groups in total. The van der Waals surface area contributed by atoms with Crippen molar-refractivity contribution < 1.29 is 14.1 Å². The van der Waals surface area contributed by atoms with E-state index < -0.39 is 6.10 Å². The molecule has 1 atom stereocenters. The smallest absolute Gasteiger partial charge is 0.266 e. The minimum Gasteiger partial charge on any atom is -0.481 e. The Balaban J connectivity index is 1.93. The molecule has 1 amide bonds. The maximum Gasteiger partial charge on any atom is 0.266 e. The molecule has 0 unspecified atom stereocenters. The summed E-state index contributed by atoms with van der Waals surface area (Å²) >= 11 is 0. The molecule has 0 saturated carbocycles. The largest absolute Gasteiger partial charge is 0.481 e. The number of nitrogens with one attached hydrogen (secondary N) is 1. The highest BCUT2D eigenvalue weighted by Gasteiger charge is 2.15. The minimum atomic E-state index is -0.614. The lowest BCUT2D eigenvalue weighted by atomic mass is 10.0. The monoisotopic (exact) mass is 274 g/mol. The fraction of sp³-hybridized carbons (Fsp3) is 0.333. The number of hydrogen-bond acceptors (Lipinski definition) is 4. The average molecular weight is 274 g/mol. The number of rotatable bonds is 5. The molecule has 20 heavy (non-hydrogen) atoms. The van der Waals surface area contributed by atoms with Crippen molar-refractivity contribution in [3.8, 4) is 5.75 Å². The van der Waals surface area contributed by atoms with Crippen LogP contribution >= 0.6 is 0 Å². The van der Waals surface area contributed by atoms with Gasteiger partial charge in [-0.2, -0.15) is 0 Å². The van der Waals surface area contributed by atoms with Gasteiger partial charge in [0, 0.05) is 6.07 Å². The highest BCUT2D eigenvalue weighted by atomic mass is 16.5. The molecule has 1 heterocycles. The Bertz CT molecular complexity index is 547. The summed E-state index contributed by atoms with van der Waals surface area (Å²) in [6, 6.07) is 9.32. The summed E-state index contributed by atoms with van der Waals surface area (Å²) in [6.07, 6.45) is 0.780. The summed E-state index contributed by atoms with van der Waals surface area (Å²) in [5, 5.41) is 6.22. The van der Waals surface area contributed by atoms with Crippen LogP contribution in [-0.4, -0.2) is 17.2 Å². The number of benzene rings is 1. The molecule has 5 nitrogen and oxygen atoms in total. The summed E-state index contributed by atoms with van der Waals surface area (Å²) in [6.45, 7) is 5.94. The molecule has 0 aliphatic rings. The highest BCUT2D eigenvalue weighted by molar-refractivity contribution is 5.93. The van der Waals surface area contributed by atoms with Gasteiger partial charge in [0.2, 0.25) is 0 Å². The number of ether oxygens (including phenoxy) is 1. The molecule has 2 aromatic rings. The van der Waals surface area contributed by atoms with Crippen molar-refractivity contribution in [1.29, 1.82) is 0 Å². The predicted octanol–water partition coefficient (Wildman–Crippen LogP) is 3.20. The summed E-state index contributed by atoms with van der Waals surface area (Å²) < 4.78 is 10.2. The van der Waals surface area contributed by atoms with Gasteiger partial charge in [-0.25, -0.2) is 0 Å². The van der Waals surface area contributed by atoms with Gasteiger partial charge in [-0.1, -0.05) is 31.1 Å². The van der Waals surface area contributed by atoms with Gasteiger partial charge in [0.25, 0.3) is 5.91 Å². The van der Waals surface area contributed by atoms with E-state index in [1.165, 1.54) is 11.8 Å². The zero-order valence-electron chi connectivity index (χ0n) is 11.8. The first-order chi connectivity index (χ1) is 9.56. The Morgan fingerprint density at radius 3 is 2.45 bits per heavy atom. The molecule has 0 radical (unpaired) electrons. The van der Waals surface area contributed by atoms with Crippen molar-refractivity contribution in [2.24, 2.45) is 0 Å². The first-order valence-electron chi connectivity index (χ1n) is 6.54. The summed E-state index contributed by atoms with van der Waals surface area (Å²) in [5.41, 5.74) is 1.23. The Hall–Kier alpha value is -2.30. The zero-order chi connectivity index (χ0) is 14.5. The molecule has 1 aromatic carbocycles. The molecule has 0 saturated heterocycles. The second-order valence-electron chi connectivity index (χ2n) is 4.86. The average Bonchev–Trinajstić information content (AvgIpc) is 2.92. The lowest BCUT2D eigenvalue weighted by Gasteiger charge is -2.14. The van der Waals surface area contributed by atoms with Crippen LogP contribution in [0.25, 0.3) is 0 Å². The molecule has 5 heteroatoms. The van der Waals surface area contributed by atoms with E-state index in [1.807, 2.05) is 24.3 Å². The second-order valence-corrected chi connectivity index (χ2v) is 4.86.